The minimum Gasteiger partial charge on any atom is -0.314 e. The largest absolute Gasteiger partial charge is 0.314 e. The zero-order chi connectivity index (χ0) is 15.2. The van der Waals surface area contributed by atoms with Gasteiger partial charge in [-0.05, 0) is 44.6 Å². The molecule has 0 aromatic carbocycles. The second-order valence-electron chi connectivity index (χ2n) is 6.22. The van der Waals surface area contributed by atoms with E-state index >= 15 is 0 Å². The van der Waals surface area contributed by atoms with Crippen molar-refractivity contribution in [2.24, 2.45) is 5.92 Å². The SMILES string of the molecule is CCCNC1CCC(N(C)S(=O)(=O)NCC(C)C)CC1. The van der Waals surface area contributed by atoms with Crippen LogP contribution in [0.5, 0.6) is 0 Å². The molecule has 0 amide bonds. The minimum absolute atomic E-state index is 0.138. The summed E-state index contributed by atoms with van der Waals surface area (Å²) in [5, 5.41) is 3.53. The van der Waals surface area contributed by atoms with Gasteiger partial charge in [-0.3, -0.25) is 0 Å². The minimum atomic E-state index is -3.33. The first-order valence-electron chi connectivity index (χ1n) is 7.82. The molecule has 2 N–H and O–H groups in total. The van der Waals surface area contributed by atoms with Crippen LogP contribution in [0.1, 0.15) is 52.9 Å². The quantitative estimate of drug-likeness (QED) is 0.718. The first-order valence-corrected chi connectivity index (χ1v) is 9.26. The molecule has 0 radical (unpaired) electrons. The molecule has 1 aliphatic carbocycles. The lowest BCUT2D eigenvalue weighted by Gasteiger charge is -2.34. The van der Waals surface area contributed by atoms with Gasteiger partial charge >= 0.3 is 0 Å². The van der Waals surface area contributed by atoms with Crippen molar-refractivity contribution in [1.29, 1.82) is 0 Å². The molecule has 1 saturated carbocycles. The summed E-state index contributed by atoms with van der Waals surface area (Å²) in [5.41, 5.74) is 0. The molecule has 120 valence electrons. The molecule has 0 aliphatic heterocycles. The highest BCUT2D eigenvalue weighted by Crippen LogP contribution is 2.23. The van der Waals surface area contributed by atoms with Gasteiger partial charge in [0.05, 0.1) is 0 Å². The van der Waals surface area contributed by atoms with E-state index in [1.54, 1.807) is 7.05 Å². The Kier molecular flexibility index (Phi) is 7.43. The van der Waals surface area contributed by atoms with Gasteiger partial charge in [-0.1, -0.05) is 20.8 Å². The van der Waals surface area contributed by atoms with Crippen molar-refractivity contribution in [3.05, 3.63) is 0 Å². The van der Waals surface area contributed by atoms with Crippen LogP contribution in [-0.2, 0) is 10.2 Å². The molecular formula is C14H31N3O2S. The molecule has 1 fully saturated rings. The Bertz CT molecular complexity index is 363. The molecule has 0 aromatic heterocycles. The fourth-order valence-electron chi connectivity index (χ4n) is 2.56. The normalized spacial score (nSPS) is 24.5. The highest BCUT2D eigenvalue weighted by molar-refractivity contribution is 7.87. The van der Waals surface area contributed by atoms with Gasteiger partial charge in [0.15, 0.2) is 0 Å². The van der Waals surface area contributed by atoms with Crippen LogP contribution in [-0.4, -0.2) is 44.9 Å². The van der Waals surface area contributed by atoms with E-state index in [0.29, 0.717) is 18.5 Å². The van der Waals surface area contributed by atoms with Crippen molar-refractivity contribution in [3.8, 4) is 0 Å². The second-order valence-corrected chi connectivity index (χ2v) is 8.04. The number of hydrogen-bond acceptors (Lipinski definition) is 3. The van der Waals surface area contributed by atoms with E-state index in [-0.39, 0.29) is 6.04 Å². The van der Waals surface area contributed by atoms with Gasteiger partial charge in [-0.15, -0.1) is 0 Å². The summed E-state index contributed by atoms with van der Waals surface area (Å²) in [6.07, 6.45) is 5.16. The number of nitrogens with zero attached hydrogens (tertiary/aromatic N) is 1. The third-order valence-corrected chi connectivity index (χ3v) is 5.53. The monoisotopic (exact) mass is 305 g/mol. The average Bonchev–Trinajstić information content (AvgIpc) is 2.43. The third kappa shape index (κ3) is 5.68. The summed E-state index contributed by atoms with van der Waals surface area (Å²) in [5.74, 6) is 0.326. The molecule has 20 heavy (non-hydrogen) atoms. The second kappa shape index (κ2) is 8.32. The van der Waals surface area contributed by atoms with Gasteiger partial charge in [-0.25, -0.2) is 4.72 Å². The van der Waals surface area contributed by atoms with E-state index in [9.17, 15) is 8.42 Å². The van der Waals surface area contributed by atoms with Gasteiger partial charge in [0.1, 0.15) is 0 Å². The van der Waals surface area contributed by atoms with Gasteiger partial charge < -0.3 is 5.32 Å². The van der Waals surface area contributed by atoms with E-state index in [2.05, 4.69) is 17.0 Å². The summed E-state index contributed by atoms with van der Waals surface area (Å²) < 4.78 is 28.6. The molecule has 1 rings (SSSR count). The molecule has 1 aliphatic rings. The molecule has 0 saturated heterocycles. The summed E-state index contributed by atoms with van der Waals surface area (Å²) in [6.45, 7) is 7.74. The number of nitrogens with one attached hydrogen (secondary N) is 2. The first kappa shape index (κ1) is 17.9. The van der Waals surface area contributed by atoms with Crippen molar-refractivity contribution in [2.75, 3.05) is 20.1 Å². The fraction of sp³-hybridized carbons (Fsp3) is 1.00. The maximum atomic E-state index is 12.2. The Morgan fingerprint density at radius 2 is 1.80 bits per heavy atom. The zero-order valence-corrected chi connectivity index (χ0v) is 14.2. The maximum Gasteiger partial charge on any atom is 0.279 e. The standard InChI is InChI=1S/C14H31N3O2S/c1-5-10-15-13-6-8-14(9-7-13)17(4)20(18,19)16-11-12(2)3/h12-16H,5-11H2,1-4H3. The highest BCUT2D eigenvalue weighted by Gasteiger charge is 2.29. The van der Waals surface area contributed by atoms with Crippen molar-refractivity contribution >= 4 is 10.2 Å². The number of hydrogen-bond donors (Lipinski definition) is 2. The average molecular weight is 305 g/mol. The van der Waals surface area contributed by atoms with E-state index in [1.807, 2.05) is 13.8 Å². The van der Waals surface area contributed by atoms with Crippen LogP contribution in [0.2, 0.25) is 0 Å². The summed E-state index contributed by atoms with van der Waals surface area (Å²) in [4.78, 5) is 0. The van der Waals surface area contributed by atoms with Gasteiger partial charge in [-0.2, -0.15) is 12.7 Å². The predicted molar refractivity (Wildman–Crippen MR) is 83.9 cm³/mol. The third-order valence-electron chi connectivity index (χ3n) is 3.95. The van der Waals surface area contributed by atoms with Crippen molar-refractivity contribution < 1.29 is 8.42 Å². The van der Waals surface area contributed by atoms with Crippen molar-refractivity contribution in [1.82, 2.24) is 14.3 Å². The van der Waals surface area contributed by atoms with Crippen LogP contribution in [0.15, 0.2) is 0 Å². The zero-order valence-electron chi connectivity index (χ0n) is 13.4. The van der Waals surface area contributed by atoms with Crippen LogP contribution >= 0.6 is 0 Å². The van der Waals surface area contributed by atoms with E-state index in [0.717, 1.165) is 38.6 Å². The Balaban J connectivity index is 2.43. The molecule has 0 atom stereocenters. The number of rotatable bonds is 8. The highest BCUT2D eigenvalue weighted by atomic mass is 32.2. The lowest BCUT2D eigenvalue weighted by molar-refractivity contribution is 0.247. The van der Waals surface area contributed by atoms with Crippen molar-refractivity contribution in [3.63, 3.8) is 0 Å². The summed E-state index contributed by atoms with van der Waals surface area (Å²) in [6, 6.07) is 0.699. The fourth-order valence-corrected chi connectivity index (χ4v) is 3.91. The molecule has 5 nitrogen and oxygen atoms in total. The summed E-state index contributed by atoms with van der Waals surface area (Å²) >= 11 is 0. The van der Waals surface area contributed by atoms with Gasteiger partial charge in [0, 0.05) is 25.7 Å². The van der Waals surface area contributed by atoms with Crippen LogP contribution in [0, 0.1) is 5.92 Å². The summed E-state index contributed by atoms with van der Waals surface area (Å²) in [7, 11) is -1.62. The van der Waals surface area contributed by atoms with Crippen LogP contribution in [0.3, 0.4) is 0 Å². The Morgan fingerprint density at radius 3 is 2.30 bits per heavy atom. The smallest absolute Gasteiger partial charge is 0.279 e. The molecule has 0 spiro atoms. The predicted octanol–water partition coefficient (Wildman–Crippen LogP) is 1.72. The molecule has 0 bridgehead atoms. The molecule has 0 unspecified atom stereocenters. The van der Waals surface area contributed by atoms with Gasteiger partial charge in [0.25, 0.3) is 10.2 Å². The van der Waals surface area contributed by atoms with E-state index in [4.69, 9.17) is 0 Å². The topological polar surface area (TPSA) is 61.4 Å². The molecule has 0 aromatic rings. The Labute approximate surface area is 124 Å². The van der Waals surface area contributed by atoms with Crippen molar-refractivity contribution in [2.45, 2.75) is 65.0 Å². The van der Waals surface area contributed by atoms with E-state index in [1.165, 1.54) is 4.31 Å². The Hall–Kier alpha value is -0.170. The molecule has 6 heteroatoms. The lowest BCUT2D eigenvalue weighted by atomic mass is 9.91. The van der Waals surface area contributed by atoms with Crippen LogP contribution < -0.4 is 10.0 Å². The van der Waals surface area contributed by atoms with Crippen LogP contribution in [0.25, 0.3) is 0 Å². The van der Waals surface area contributed by atoms with Gasteiger partial charge in [0.2, 0.25) is 0 Å². The lowest BCUT2D eigenvalue weighted by Crippen LogP contribution is -2.48. The maximum absolute atomic E-state index is 12.2. The molecule has 0 heterocycles. The first-order chi connectivity index (χ1) is 9.36. The van der Waals surface area contributed by atoms with E-state index < -0.39 is 10.2 Å². The van der Waals surface area contributed by atoms with Crippen LogP contribution in [0.4, 0.5) is 0 Å². The Morgan fingerprint density at radius 1 is 1.20 bits per heavy atom. The molecular weight excluding hydrogens is 274 g/mol.